The van der Waals surface area contributed by atoms with E-state index in [0.717, 1.165) is 41.4 Å². The van der Waals surface area contributed by atoms with E-state index in [0.29, 0.717) is 11.8 Å². The van der Waals surface area contributed by atoms with E-state index in [1.165, 1.54) is 17.3 Å². The van der Waals surface area contributed by atoms with Gasteiger partial charge < -0.3 is 10.1 Å². The Labute approximate surface area is 204 Å². The second kappa shape index (κ2) is 11.5. The molecule has 0 atom stereocenters. The fraction of sp³-hybridized carbons (Fsp3) is 0.222. The number of amides is 1. The van der Waals surface area contributed by atoms with Crippen molar-refractivity contribution in [3.05, 3.63) is 95.8 Å². The summed E-state index contributed by atoms with van der Waals surface area (Å²) in [7, 11) is 0. The Morgan fingerprint density at radius 1 is 0.971 bits per heavy atom. The van der Waals surface area contributed by atoms with Crippen molar-refractivity contribution in [3.63, 3.8) is 0 Å². The summed E-state index contributed by atoms with van der Waals surface area (Å²) < 4.78 is 7.51. The number of nitrogens with zero attached hydrogens (tertiary/aromatic N) is 3. The van der Waals surface area contributed by atoms with Crippen molar-refractivity contribution in [1.82, 2.24) is 14.8 Å². The van der Waals surface area contributed by atoms with Crippen molar-refractivity contribution in [2.45, 2.75) is 31.8 Å². The molecule has 1 heterocycles. The van der Waals surface area contributed by atoms with Gasteiger partial charge in [0, 0.05) is 17.8 Å². The van der Waals surface area contributed by atoms with Crippen molar-refractivity contribution in [2.24, 2.45) is 0 Å². The predicted molar refractivity (Wildman–Crippen MR) is 137 cm³/mol. The van der Waals surface area contributed by atoms with E-state index in [4.69, 9.17) is 4.74 Å². The molecule has 6 nitrogen and oxygen atoms in total. The molecule has 0 bridgehead atoms. The minimum absolute atomic E-state index is 0.0983. The first-order chi connectivity index (χ1) is 16.6. The van der Waals surface area contributed by atoms with Crippen LogP contribution in [0.2, 0.25) is 0 Å². The van der Waals surface area contributed by atoms with E-state index in [2.05, 4.69) is 51.3 Å². The molecular formula is C27H28N4O2S. The summed E-state index contributed by atoms with van der Waals surface area (Å²) in [6.45, 7) is 4.61. The first-order valence-electron chi connectivity index (χ1n) is 11.3. The summed E-state index contributed by atoms with van der Waals surface area (Å²) in [5, 5.41) is 12.5. The molecule has 0 fully saturated rings. The number of hydrogen-bond donors (Lipinski definition) is 1. The van der Waals surface area contributed by atoms with Crippen LogP contribution in [0.4, 0.5) is 5.69 Å². The summed E-state index contributed by atoms with van der Waals surface area (Å²) in [5.41, 5.74) is 4.15. The molecule has 0 saturated carbocycles. The maximum atomic E-state index is 12.6. The van der Waals surface area contributed by atoms with Crippen LogP contribution in [0.5, 0.6) is 5.75 Å². The predicted octanol–water partition coefficient (Wildman–Crippen LogP) is 5.49. The number of aryl methyl sites for hydroxylation is 3. The number of ether oxygens (including phenoxy) is 1. The van der Waals surface area contributed by atoms with Crippen LogP contribution in [0, 0.1) is 6.92 Å². The zero-order valence-electron chi connectivity index (χ0n) is 19.4. The normalized spacial score (nSPS) is 10.8. The van der Waals surface area contributed by atoms with Gasteiger partial charge in [-0.15, -0.1) is 10.2 Å². The first kappa shape index (κ1) is 23.6. The number of aromatic nitrogens is 3. The topological polar surface area (TPSA) is 69.0 Å². The third-order valence-corrected chi connectivity index (χ3v) is 6.15. The van der Waals surface area contributed by atoms with Crippen molar-refractivity contribution >= 4 is 23.4 Å². The lowest BCUT2D eigenvalue weighted by molar-refractivity contribution is -0.113. The first-order valence-corrected chi connectivity index (χ1v) is 12.3. The van der Waals surface area contributed by atoms with Crippen molar-refractivity contribution in [2.75, 3.05) is 17.7 Å². The molecule has 34 heavy (non-hydrogen) atoms. The molecule has 1 aromatic heterocycles. The van der Waals surface area contributed by atoms with Gasteiger partial charge in [-0.05, 0) is 67.8 Å². The van der Waals surface area contributed by atoms with Crippen molar-refractivity contribution in [1.29, 1.82) is 0 Å². The number of thioether (sulfide) groups is 1. The number of anilines is 1. The number of benzene rings is 3. The van der Waals surface area contributed by atoms with Gasteiger partial charge in [-0.2, -0.15) is 0 Å². The molecule has 0 unspecified atom stereocenters. The largest absolute Gasteiger partial charge is 0.494 e. The number of nitrogens with one attached hydrogen (secondary N) is 1. The monoisotopic (exact) mass is 472 g/mol. The molecule has 3 aromatic carbocycles. The lowest BCUT2D eigenvalue weighted by Crippen LogP contribution is -2.14. The van der Waals surface area contributed by atoms with Crippen LogP contribution in [-0.2, 0) is 17.6 Å². The van der Waals surface area contributed by atoms with Crippen LogP contribution in [0.1, 0.15) is 23.9 Å². The van der Waals surface area contributed by atoms with Gasteiger partial charge in [0.1, 0.15) is 11.6 Å². The lowest BCUT2D eigenvalue weighted by Gasteiger charge is -2.11. The van der Waals surface area contributed by atoms with Crippen LogP contribution >= 0.6 is 11.8 Å². The van der Waals surface area contributed by atoms with Crippen LogP contribution in [0.3, 0.4) is 0 Å². The Hall–Kier alpha value is -3.58. The Morgan fingerprint density at radius 3 is 2.50 bits per heavy atom. The zero-order valence-corrected chi connectivity index (χ0v) is 20.2. The fourth-order valence-corrected chi connectivity index (χ4v) is 4.38. The highest BCUT2D eigenvalue weighted by Crippen LogP contribution is 2.24. The highest BCUT2D eigenvalue weighted by atomic mass is 32.2. The number of carbonyl (C=O) groups excluding carboxylic acids is 1. The molecule has 0 radical (unpaired) electrons. The Kier molecular flexibility index (Phi) is 7.99. The highest BCUT2D eigenvalue weighted by Gasteiger charge is 2.16. The summed E-state index contributed by atoms with van der Waals surface area (Å²) in [6, 6.07) is 26.0. The van der Waals surface area contributed by atoms with Crippen LogP contribution < -0.4 is 10.1 Å². The van der Waals surface area contributed by atoms with E-state index < -0.39 is 0 Å². The maximum Gasteiger partial charge on any atom is 0.234 e. The van der Waals surface area contributed by atoms with Gasteiger partial charge >= 0.3 is 0 Å². The van der Waals surface area contributed by atoms with Gasteiger partial charge in [0.15, 0.2) is 5.16 Å². The van der Waals surface area contributed by atoms with E-state index in [-0.39, 0.29) is 11.7 Å². The van der Waals surface area contributed by atoms with Crippen molar-refractivity contribution < 1.29 is 9.53 Å². The molecule has 0 aliphatic rings. The van der Waals surface area contributed by atoms with E-state index in [1.54, 1.807) is 0 Å². The number of rotatable bonds is 10. The van der Waals surface area contributed by atoms with Gasteiger partial charge in [0.25, 0.3) is 0 Å². The molecule has 174 valence electrons. The van der Waals surface area contributed by atoms with Crippen LogP contribution in [0.15, 0.2) is 84.0 Å². The molecule has 0 spiro atoms. The maximum absolute atomic E-state index is 12.6. The minimum atomic E-state index is -0.0983. The molecule has 0 aliphatic heterocycles. The quantitative estimate of drug-likeness (QED) is 0.309. The molecule has 1 N–H and O–H groups in total. The molecule has 4 rings (SSSR count). The number of carbonyl (C=O) groups is 1. The Balaban J connectivity index is 1.47. The third-order valence-electron chi connectivity index (χ3n) is 5.22. The van der Waals surface area contributed by atoms with Crippen LogP contribution in [0.25, 0.3) is 5.69 Å². The zero-order chi connectivity index (χ0) is 23.8. The SMILES string of the molecule is CCOc1ccc(NC(=O)CSc2nnc(CCc3ccccc3)n2-c2cccc(C)c2)cc1. The van der Waals surface area contributed by atoms with Gasteiger partial charge in [-0.1, -0.05) is 54.2 Å². The standard InChI is InChI=1S/C27H28N4O2S/c1-3-33-24-15-13-22(14-16-24)28-26(32)19-34-27-30-29-25(17-12-21-9-5-4-6-10-21)31(27)23-11-7-8-20(2)18-23/h4-11,13-16,18H,3,12,17,19H2,1-2H3,(H,28,32). The summed E-state index contributed by atoms with van der Waals surface area (Å²) in [5.74, 6) is 1.79. The third kappa shape index (κ3) is 6.26. The molecule has 7 heteroatoms. The highest BCUT2D eigenvalue weighted by molar-refractivity contribution is 7.99. The summed E-state index contributed by atoms with van der Waals surface area (Å²) in [4.78, 5) is 12.6. The fourth-order valence-electron chi connectivity index (χ4n) is 3.61. The second-order valence-electron chi connectivity index (χ2n) is 7.85. The minimum Gasteiger partial charge on any atom is -0.494 e. The van der Waals surface area contributed by atoms with E-state index in [1.807, 2.05) is 61.5 Å². The summed E-state index contributed by atoms with van der Waals surface area (Å²) >= 11 is 1.38. The Morgan fingerprint density at radius 2 is 1.76 bits per heavy atom. The Bertz CT molecular complexity index is 1220. The van der Waals surface area contributed by atoms with E-state index in [9.17, 15) is 4.79 Å². The van der Waals surface area contributed by atoms with Crippen molar-refractivity contribution in [3.8, 4) is 11.4 Å². The van der Waals surface area contributed by atoms with E-state index >= 15 is 0 Å². The average molecular weight is 473 g/mol. The molecule has 1 amide bonds. The molecule has 0 saturated heterocycles. The lowest BCUT2D eigenvalue weighted by atomic mass is 10.1. The number of hydrogen-bond acceptors (Lipinski definition) is 5. The van der Waals surface area contributed by atoms with Gasteiger partial charge in [-0.3, -0.25) is 9.36 Å². The second-order valence-corrected chi connectivity index (χ2v) is 8.80. The van der Waals surface area contributed by atoms with Gasteiger partial charge in [-0.25, -0.2) is 0 Å². The smallest absolute Gasteiger partial charge is 0.234 e. The molecule has 4 aromatic rings. The molecule has 0 aliphatic carbocycles. The van der Waals surface area contributed by atoms with Gasteiger partial charge in [0.2, 0.25) is 5.91 Å². The van der Waals surface area contributed by atoms with Crippen LogP contribution in [-0.4, -0.2) is 33.0 Å². The average Bonchev–Trinajstić information content (AvgIpc) is 3.26. The summed E-state index contributed by atoms with van der Waals surface area (Å²) in [6.07, 6.45) is 1.62. The van der Waals surface area contributed by atoms with Gasteiger partial charge in [0.05, 0.1) is 12.4 Å². The molecular weight excluding hydrogens is 444 g/mol.